The van der Waals surface area contributed by atoms with Gasteiger partial charge in [-0.25, -0.2) is 4.98 Å². The number of pyridine rings is 1. The second kappa shape index (κ2) is 7.20. The van der Waals surface area contributed by atoms with E-state index in [9.17, 15) is 18.0 Å². The molecule has 0 atom stereocenters. The Balaban J connectivity index is 1.59. The van der Waals surface area contributed by atoms with Gasteiger partial charge < -0.3 is 4.98 Å². The molecule has 4 rings (SSSR count). The number of benzene rings is 1. The number of hydrogen-bond donors (Lipinski definition) is 1. The van der Waals surface area contributed by atoms with Crippen LogP contribution in [0.1, 0.15) is 22.4 Å². The molecule has 0 aliphatic carbocycles. The smallest absolute Gasteiger partial charge is 0.306 e. The number of nitrogens with zero attached hydrogens (tertiary/aromatic N) is 3. The minimum Gasteiger partial charge on any atom is -0.306 e. The van der Waals surface area contributed by atoms with E-state index in [0.717, 1.165) is 11.6 Å². The van der Waals surface area contributed by atoms with Crippen molar-refractivity contribution in [3.63, 3.8) is 0 Å². The highest BCUT2D eigenvalue weighted by Gasteiger charge is 2.33. The van der Waals surface area contributed by atoms with Crippen LogP contribution in [0, 0.1) is 0 Å². The van der Waals surface area contributed by atoms with Gasteiger partial charge in [0.25, 0.3) is 5.56 Å². The molecule has 2 aromatic heterocycles. The van der Waals surface area contributed by atoms with Crippen LogP contribution in [-0.2, 0) is 25.7 Å². The number of aromatic amines is 1. The number of nitrogens with one attached hydrogen (secondary N) is 1. The largest absolute Gasteiger partial charge is 0.416 e. The van der Waals surface area contributed by atoms with Crippen molar-refractivity contribution in [1.29, 1.82) is 0 Å². The van der Waals surface area contributed by atoms with Crippen molar-refractivity contribution in [2.75, 3.05) is 6.54 Å². The normalized spacial score (nSPS) is 14.7. The summed E-state index contributed by atoms with van der Waals surface area (Å²) in [6, 6.07) is 9.06. The third-order valence-corrected chi connectivity index (χ3v) is 4.82. The summed E-state index contributed by atoms with van der Waals surface area (Å²) in [4.78, 5) is 25.7. The Morgan fingerprint density at radius 2 is 1.86 bits per heavy atom. The van der Waals surface area contributed by atoms with Crippen molar-refractivity contribution in [3.8, 4) is 11.4 Å². The van der Waals surface area contributed by atoms with Crippen LogP contribution >= 0.6 is 0 Å². The molecule has 0 unspecified atom stereocenters. The Hall–Kier alpha value is -3.00. The first-order chi connectivity index (χ1) is 13.4. The second-order valence-electron chi connectivity index (χ2n) is 6.69. The van der Waals surface area contributed by atoms with Crippen LogP contribution in [0.5, 0.6) is 0 Å². The molecule has 1 N–H and O–H groups in total. The maximum absolute atomic E-state index is 13.2. The van der Waals surface area contributed by atoms with Gasteiger partial charge >= 0.3 is 6.18 Å². The topological polar surface area (TPSA) is 61.9 Å². The van der Waals surface area contributed by atoms with Crippen molar-refractivity contribution in [1.82, 2.24) is 19.9 Å². The fourth-order valence-electron chi connectivity index (χ4n) is 3.44. The van der Waals surface area contributed by atoms with Crippen LogP contribution in [0.3, 0.4) is 0 Å². The number of H-pyrrole nitrogens is 1. The molecule has 0 spiro atoms. The highest BCUT2D eigenvalue weighted by Crippen LogP contribution is 2.33. The number of hydrogen-bond acceptors (Lipinski definition) is 4. The summed E-state index contributed by atoms with van der Waals surface area (Å²) in [6.07, 6.45) is -0.655. The van der Waals surface area contributed by atoms with E-state index in [1.807, 2.05) is 4.90 Å². The Bertz CT molecular complexity index is 1050. The molecule has 8 heteroatoms. The van der Waals surface area contributed by atoms with Gasteiger partial charge in [0, 0.05) is 44.0 Å². The number of rotatable bonds is 3. The zero-order valence-electron chi connectivity index (χ0n) is 14.8. The molecule has 28 heavy (non-hydrogen) atoms. The van der Waals surface area contributed by atoms with E-state index < -0.39 is 11.7 Å². The molecule has 1 aliphatic heterocycles. The van der Waals surface area contributed by atoms with E-state index in [2.05, 4.69) is 15.0 Å². The molecule has 0 bridgehead atoms. The van der Waals surface area contributed by atoms with E-state index in [1.165, 1.54) is 12.1 Å². The summed E-state index contributed by atoms with van der Waals surface area (Å²) < 4.78 is 39.7. The van der Waals surface area contributed by atoms with E-state index in [0.29, 0.717) is 30.0 Å². The van der Waals surface area contributed by atoms with E-state index in [4.69, 9.17) is 0 Å². The zero-order chi connectivity index (χ0) is 19.7. The molecule has 0 saturated carbocycles. The fourth-order valence-corrected chi connectivity index (χ4v) is 3.44. The molecule has 3 aromatic rings. The maximum atomic E-state index is 13.2. The van der Waals surface area contributed by atoms with Crippen molar-refractivity contribution in [2.24, 2.45) is 0 Å². The monoisotopic (exact) mass is 386 g/mol. The summed E-state index contributed by atoms with van der Waals surface area (Å²) >= 11 is 0. The lowest BCUT2D eigenvalue weighted by atomic mass is 10.0. The van der Waals surface area contributed by atoms with Crippen LogP contribution in [-0.4, -0.2) is 26.4 Å². The molecule has 0 amide bonds. The minimum atomic E-state index is -4.40. The summed E-state index contributed by atoms with van der Waals surface area (Å²) in [7, 11) is 0. The third kappa shape index (κ3) is 3.68. The van der Waals surface area contributed by atoms with Crippen molar-refractivity contribution < 1.29 is 13.2 Å². The van der Waals surface area contributed by atoms with Crippen LogP contribution < -0.4 is 5.56 Å². The van der Waals surface area contributed by atoms with E-state index >= 15 is 0 Å². The van der Waals surface area contributed by atoms with Crippen LogP contribution in [0.2, 0.25) is 0 Å². The van der Waals surface area contributed by atoms with Crippen LogP contribution in [0.15, 0.2) is 53.6 Å². The molecular formula is C20H17F3N4O. The number of fused-ring (bicyclic) bond motifs is 1. The van der Waals surface area contributed by atoms with Crippen LogP contribution in [0.25, 0.3) is 11.4 Å². The van der Waals surface area contributed by atoms with Crippen molar-refractivity contribution in [2.45, 2.75) is 25.7 Å². The standard InChI is InChI=1S/C20H17F3N4O/c21-20(22,23)16-4-2-1-3-14(16)11-27-10-7-17-15(12-27)19(28)26-18(25-17)13-5-8-24-9-6-13/h1-6,8-9H,7,10-12H2,(H,25,26,28). The molecule has 1 aliphatic rings. The SMILES string of the molecule is O=c1[nH]c(-c2ccncc2)nc2c1CN(Cc1ccccc1C(F)(F)F)CC2. The predicted octanol–water partition coefficient (Wildman–Crippen LogP) is 3.41. The Morgan fingerprint density at radius 1 is 1.11 bits per heavy atom. The average molecular weight is 386 g/mol. The maximum Gasteiger partial charge on any atom is 0.416 e. The zero-order valence-corrected chi connectivity index (χ0v) is 14.8. The van der Waals surface area contributed by atoms with Crippen molar-refractivity contribution >= 4 is 0 Å². The van der Waals surface area contributed by atoms with Gasteiger partial charge in [0.15, 0.2) is 0 Å². The van der Waals surface area contributed by atoms with Gasteiger partial charge in [-0.05, 0) is 23.8 Å². The van der Waals surface area contributed by atoms with Gasteiger partial charge in [-0.15, -0.1) is 0 Å². The van der Waals surface area contributed by atoms with Gasteiger partial charge in [0.1, 0.15) is 5.82 Å². The van der Waals surface area contributed by atoms with E-state index in [-0.39, 0.29) is 24.2 Å². The van der Waals surface area contributed by atoms with Gasteiger partial charge in [0.05, 0.1) is 16.8 Å². The quantitative estimate of drug-likeness (QED) is 0.749. The molecule has 1 aromatic carbocycles. The lowest BCUT2D eigenvalue weighted by Crippen LogP contribution is -2.35. The summed E-state index contributed by atoms with van der Waals surface area (Å²) in [5.41, 5.74) is 1.27. The molecule has 3 heterocycles. The summed E-state index contributed by atoms with van der Waals surface area (Å²) in [5, 5.41) is 0. The second-order valence-corrected chi connectivity index (χ2v) is 6.69. The molecule has 5 nitrogen and oxygen atoms in total. The minimum absolute atomic E-state index is 0.126. The van der Waals surface area contributed by atoms with Crippen LogP contribution in [0.4, 0.5) is 13.2 Å². The number of alkyl halides is 3. The predicted molar refractivity (Wildman–Crippen MR) is 97.4 cm³/mol. The first-order valence-corrected chi connectivity index (χ1v) is 8.82. The van der Waals surface area contributed by atoms with Gasteiger partial charge in [-0.3, -0.25) is 14.7 Å². The molecule has 0 saturated heterocycles. The van der Waals surface area contributed by atoms with Gasteiger partial charge in [-0.2, -0.15) is 13.2 Å². The third-order valence-electron chi connectivity index (χ3n) is 4.82. The molecule has 144 valence electrons. The van der Waals surface area contributed by atoms with E-state index in [1.54, 1.807) is 30.6 Å². The Labute approximate surface area is 158 Å². The molecule has 0 fully saturated rings. The Morgan fingerprint density at radius 3 is 2.61 bits per heavy atom. The summed E-state index contributed by atoms with van der Waals surface area (Å²) in [6.45, 7) is 0.923. The van der Waals surface area contributed by atoms with Gasteiger partial charge in [-0.1, -0.05) is 18.2 Å². The Kier molecular flexibility index (Phi) is 4.72. The molecule has 0 radical (unpaired) electrons. The number of halogens is 3. The lowest BCUT2D eigenvalue weighted by Gasteiger charge is -2.28. The molecular weight excluding hydrogens is 369 g/mol. The number of aromatic nitrogens is 3. The highest BCUT2D eigenvalue weighted by molar-refractivity contribution is 5.54. The average Bonchev–Trinajstić information content (AvgIpc) is 2.68. The van der Waals surface area contributed by atoms with Gasteiger partial charge in [0.2, 0.25) is 0 Å². The fraction of sp³-hybridized carbons (Fsp3) is 0.250. The summed E-state index contributed by atoms with van der Waals surface area (Å²) in [5.74, 6) is 0.474. The first-order valence-electron chi connectivity index (χ1n) is 8.82. The first kappa shape index (κ1) is 18.4. The lowest BCUT2D eigenvalue weighted by molar-refractivity contribution is -0.138. The highest BCUT2D eigenvalue weighted by atomic mass is 19.4. The van der Waals surface area contributed by atoms with Crippen molar-refractivity contribution in [3.05, 3.63) is 81.5 Å².